The van der Waals surface area contributed by atoms with Crippen LogP contribution in [0.4, 0.5) is 0 Å². The molecule has 0 aromatic heterocycles. The summed E-state index contributed by atoms with van der Waals surface area (Å²) >= 11 is 0. The van der Waals surface area contributed by atoms with Crippen LogP contribution >= 0.6 is 0 Å². The lowest BCUT2D eigenvalue weighted by Crippen LogP contribution is -1.90. The van der Waals surface area contributed by atoms with E-state index in [2.05, 4.69) is 147 Å². The standard InChI is InChI=1S/C40H28/c1-3-27-26-40(39-15-9-8-14-36(39)33(27)4-2)32-23-21-29-24-31(22-20-30(29)25-32)35-17-11-18-37-34(16-10-19-38(35)37)28-12-6-5-7-13-28/h3-26H,1-2H2. The van der Waals surface area contributed by atoms with Crippen molar-refractivity contribution in [3.63, 3.8) is 0 Å². The molecule has 0 nitrogen and oxygen atoms in total. The van der Waals surface area contributed by atoms with Gasteiger partial charge in [-0.25, -0.2) is 0 Å². The summed E-state index contributed by atoms with van der Waals surface area (Å²) in [6, 6.07) is 48.3. The summed E-state index contributed by atoms with van der Waals surface area (Å²) in [7, 11) is 0. The van der Waals surface area contributed by atoms with Gasteiger partial charge in [-0.1, -0.05) is 141 Å². The summed E-state index contributed by atoms with van der Waals surface area (Å²) in [6.07, 6.45) is 3.86. The first-order valence-corrected chi connectivity index (χ1v) is 13.7. The molecule has 0 spiro atoms. The van der Waals surface area contributed by atoms with Gasteiger partial charge in [0.1, 0.15) is 0 Å². The molecule has 188 valence electrons. The van der Waals surface area contributed by atoms with Crippen molar-refractivity contribution in [1.29, 1.82) is 0 Å². The second-order valence-corrected chi connectivity index (χ2v) is 10.2. The molecule has 0 radical (unpaired) electrons. The molecule has 7 aromatic rings. The molecule has 0 saturated carbocycles. The Morgan fingerprint density at radius 2 is 0.900 bits per heavy atom. The maximum Gasteiger partial charge on any atom is -0.00988 e. The van der Waals surface area contributed by atoms with Gasteiger partial charge in [-0.15, -0.1) is 0 Å². The lowest BCUT2D eigenvalue weighted by Gasteiger charge is -2.14. The molecule has 0 aliphatic carbocycles. The van der Waals surface area contributed by atoms with Crippen molar-refractivity contribution in [2.24, 2.45) is 0 Å². The second kappa shape index (κ2) is 9.84. The molecule has 40 heavy (non-hydrogen) atoms. The minimum Gasteiger partial charge on any atom is -0.0984 e. The van der Waals surface area contributed by atoms with Crippen molar-refractivity contribution >= 4 is 44.5 Å². The predicted molar refractivity (Wildman–Crippen MR) is 175 cm³/mol. The van der Waals surface area contributed by atoms with Gasteiger partial charge >= 0.3 is 0 Å². The Labute approximate surface area is 235 Å². The fraction of sp³-hybridized carbons (Fsp3) is 0. The first-order valence-electron chi connectivity index (χ1n) is 13.7. The van der Waals surface area contributed by atoms with E-state index in [-0.39, 0.29) is 0 Å². The third kappa shape index (κ3) is 3.94. The molecule has 0 amide bonds. The molecule has 0 aliphatic rings. The summed E-state index contributed by atoms with van der Waals surface area (Å²) in [4.78, 5) is 0. The summed E-state index contributed by atoms with van der Waals surface area (Å²) < 4.78 is 0. The zero-order valence-corrected chi connectivity index (χ0v) is 22.3. The molecule has 0 heteroatoms. The first-order chi connectivity index (χ1) is 19.7. The average Bonchev–Trinajstić information content (AvgIpc) is 3.03. The van der Waals surface area contributed by atoms with Crippen molar-refractivity contribution in [2.75, 3.05) is 0 Å². The van der Waals surface area contributed by atoms with Gasteiger partial charge in [-0.3, -0.25) is 0 Å². The molecular weight excluding hydrogens is 480 g/mol. The number of hydrogen-bond donors (Lipinski definition) is 0. The molecule has 0 bridgehead atoms. The summed E-state index contributed by atoms with van der Waals surface area (Å²) in [5.41, 5.74) is 9.63. The van der Waals surface area contributed by atoms with Crippen molar-refractivity contribution in [3.8, 4) is 33.4 Å². The van der Waals surface area contributed by atoms with Crippen LogP contribution in [0.15, 0.2) is 147 Å². The van der Waals surface area contributed by atoms with Gasteiger partial charge in [0, 0.05) is 0 Å². The summed E-state index contributed by atoms with van der Waals surface area (Å²) in [6.45, 7) is 8.12. The van der Waals surface area contributed by atoms with Gasteiger partial charge in [0.05, 0.1) is 0 Å². The highest BCUT2D eigenvalue weighted by Crippen LogP contribution is 2.38. The van der Waals surface area contributed by atoms with Gasteiger partial charge in [-0.05, 0) is 95.0 Å². The molecule has 0 aliphatic heterocycles. The average molecular weight is 509 g/mol. The maximum absolute atomic E-state index is 4.07. The van der Waals surface area contributed by atoms with E-state index in [9.17, 15) is 0 Å². The first kappa shape index (κ1) is 23.9. The predicted octanol–water partition coefficient (Wildman–Crippen LogP) is 11.4. The van der Waals surface area contributed by atoms with E-state index in [1.54, 1.807) is 0 Å². The zero-order chi connectivity index (χ0) is 27.1. The third-order valence-electron chi connectivity index (χ3n) is 8.01. The van der Waals surface area contributed by atoms with E-state index in [1.165, 1.54) is 65.7 Å². The van der Waals surface area contributed by atoms with E-state index in [1.807, 2.05) is 12.2 Å². The Kier molecular flexibility index (Phi) is 5.87. The van der Waals surface area contributed by atoms with E-state index in [0.29, 0.717) is 0 Å². The fourth-order valence-corrected chi connectivity index (χ4v) is 6.07. The Morgan fingerprint density at radius 3 is 1.52 bits per heavy atom. The van der Waals surface area contributed by atoms with Crippen molar-refractivity contribution in [1.82, 2.24) is 0 Å². The van der Waals surface area contributed by atoms with Gasteiger partial charge in [0.2, 0.25) is 0 Å². The van der Waals surface area contributed by atoms with Gasteiger partial charge in [0.25, 0.3) is 0 Å². The molecule has 0 atom stereocenters. The van der Waals surface area contributed by atoms with Crippen LogP contribution in [0.2, 0.25) is 0 Å². The number of benzene rings is 7. The van der Waals surface area contributed by atoms with Crippen LogP contribution in [0.5, 0.6) is 0 Å². The largest absolute Gasteiger partial charge is 0.0984 e. The quantitative estimate of drug-likeness (QED) is 0.217. The molecule has 7 aromatic carbocycles. The molecular formula is C40H28. The van der Waals surface area contributed by atoms with E-state index in [4.69, 9.17) is 0 Å². The fourth-order valence-electron chi connectivity index (χ4n) is 6.07. The number of hydrogen-bond acceptors (Lipinski definition) is 0. The van der Waals surface area contributed by atoms with Crippen LogP contribution in [0.3, 0.4) is 0 Å². The molecule has 0 unspecified atom stereocenters. The smallest absolute Gasteiger partial charge is 0.00988 e. The lowest BCUT2D eigenvalue weighted by atomic mass is 9.89. The summed E-state index contributed by atoms with van der Waals surface area (Å²) in [5, 5.41) is 7.42. The van der Waals surface area contributed by atoms with E-state index >= 15 is 0 Å². The van der Waals surface area contributed by atoms with Crippen molar-refractivity contribution in [3.05, 3.63) is 158 Å². The monoisotopic (exact) mass is 508 g/mol. The topological polar surface area (TPSA) is 0 Å². The van der Waals surface area contributed by atoms with Gasteiger partial charge in [0.15, 0.2) is 0 Å². The highest BCUT2D eigenvalue weighted by atomic mass is 14.2. The highest BCUT2D eigenvalue weighted by molar-refractivity contribution is 6.07. The van der Waals surface area contributed by atoms with Crippen LogP contribution in [0.1, 0.15) is 11.1 Å². The third-order valence-corrected chi connectivity index (χ3v) is 8.01. The number of rotatable bonds is 5. The summed E-state index contributed by atoms with van der Waals surface area (Å²) in [5.74, 6) is 0. The highest BCUT2D eigenvalue weighted by Gasteiger charge is 2.12. The minimum absolute atomic E-state index is 1.10. The van der Waals surface area contributed by atoms with Crippen molar-refractivity contribution in [2.45, 2.75) is 0 Å². The van der Waals surface area contributed by atoms with Crippen LogP contribution in [0, 0.1) is 0 Å². The SMILES string of the molecule is C=Cc1cc(-c2ccc3cc(-c4cccc5c(-c6ccccc6)cccc45)ccc3c2)c2ccccc2c1C=C. The van der Waals surface area contributed by atoms with Gasteiger partial charge in [-0.2, -0.15) is 0 Å². The van der Waals surface area contributed by atoms with Crippen LogP contribution in [-0.4, -0.2) is 0 Å². The Hall–Kier alpha value is -5.20. The molecule has 0 saturated heterocycles. The zero-order valence-electron chi connectivity index (χ0n) is 22.3. The Bertz CT molecular complexity index is 2080. The second-order valence-electron chi connectivity index (χ2n) is 10.2. The van der Waals surface area contributed by atoms with Crippen LogP contribution in [0.25, 0.3) is 77.9 Å². The Morgan fingerprint density at radius 1 is 0.375 bits per heavy atom. The van der Waals surface area contributed by atoms with E-state index in [0.717, 1.165) is 11.1 Å². The maximum atomic E-state index is 4.07. The van der Waals surface area contributed by atoms with Gasteiger partial charge < -0.3 is 0 Å². The van der Waals surface area contributed by atoms with Crippen LogP contribution < -0.4 is 0 Å². The Balaban J connectivity index is 1.35. The molecule has 0 heterocycles. The molecule has 7 rings (SSSR count). The molecule has 0 fully saturated rings. The lowest BCUT2D eigenvalue weighted by molar-refractivity contribution is 1.63. The van der Waals surface area contributed by atoms with Crippen LogP contribution in [-0.2, 0) is 0 Å². The molecule has 0 N–H and O–H groups in total. The minimum atomic E-state index is 1.10. The normalized spacial score (nSPS) is 11.2. The van der Waals surface area contributed by atoms with Crippen molar-refractivity contribution < 1.29 is 0 Å². The number of fused-ring (bicyclic) bond motifs is 3. The van der Waals surface area contributed by atoms with E-state index < -0.39 is 0 Å².